The second-order valence-electron chi connectivity index (χ2n) is 9.22. The van der Waals surface area contributed by atoms with Crippen molar-refractivity contribution < 1.29 is 9.90 Å². The first-order chi connectivity index (χ1) is 13.4. The Hall–Kier alpha value is -1.07. The van der Waals surface area contributed by atoms with Crippen LogP contribution in [0.1, 0.15) is 64.9 Å². The normalized spacial score (nSPS) is 26.3. The number of benzene rings is 1. The summed E-state index contributed by atoms with van der Waals surface area (Å²) in [6, 6.07) is 12.3. The molecule has 6 heteroatoms. The quantitative estimate of drug-likeness (QED) is 0.470. The third-order valence-electron chi connectivity index (χ3n) is 6.42. The first-order valence-electron chi connectivity index (χ1n) is 10.9. The van der Waals surface area contributed by atoms with Crippen molar-refractivity contribution in [2.75, 3.05) is 6.54 Å². The number of carboxylic acids is 1. The molecule has 3 rings (SSSR count). The lowest BCUT2D eigenvalue weighted by atomic mass is 9.88. The van der Waals surface area contributed by atoms with Gasteiger partial charge in [0.25, 0.3) is 0 Å². The van der Waals surface area contributed by atoms with Crippen molar-refractivity contribution in [3.05, 3.63) is 41.5 Å². The van der Waals surface area contributed by atoms with E-state index < -0.39 is 11.4 Å². The molecule has 2 fully saturated rings. The Labute approximate surface area is 194 Å². The monoisotopic (exact) mass is 456 g/mol. The highest BCUT2D eigenvalue weighted by molar-refractivity contribution is 5.85. The van der Waals surface area contributed by atoms with E-state index in [-0.39, 0.29) is 24.8 Å². The van der Waals surface area contributed by atoms with Crippen molar-refractivity contribution >= 4 is 36.9 Å². The Balaban J connectivity index is 0.00000225. The molecule has 0 aromatic heterocycles. The molecule has 2 saturated carbocycles. The van der Waals surface area contributed by atoms with Gasteiger partial charge in [-0.3, -0.25) is 4.79 Å². The lowest BCUT2D eigenvalue weighted by Crippen LogP contribution is -2.45. The van der Waals surface area contributed by atoms with Crippen molar-refractivity contribution in [3.8, 4) is 0 Å². The van der Waals surface area contributed by atoms with Crippen LogP contribution in [0.15, 0.2) is 35.9 Å². The van der Waals surface area contributed by atoms with E-state index in [1.807, 2.05) is 0 Å². The number of carbonyl (C=O) groups is 1. The van der Waals surface area contributed by atoms with E-state index in [2.05, 4.69) is 54.0 Å². The van der Waals surface area contributed by atoms with Crippen LogP contribution in [0.2, 0.25) is 0 Å². The smallest absolute Gasteiger partial charge is 0.310 e. The molecule has 0 aliphatic heterocycles. The van der Waals surface area contributed by atoms with E-state index in [0.717, 1.165) is 19.3 Å². The second-order valence-corrected chi connectivity index (χ2v) is 9.22. The van der Waals surface area contributed by atoms with Crippen LogP contribution in [0, 0.1) is 11.3 Å². The van der Waals surface area contributed by atoms with Gasteiger partial charge in [-0.25, -0.2) is 0 Å². The Bertz CT molecular complexity index is 686. The summed E-state index contributed by atoms with van der Waals surface area (Å²) in [7, 11) is 0. The number of halogens is 2. The van der Waals surface area contributed by atoms with Crippen molar-refractivity contribution in [1.29, 1.82) is 0 Å². The van der Waals surface area contributed by atoms with Gasteiger partial charge in [0, 0.05) is 24.7 Å². The topological polar surface area (TPSA) is 61.4 Å². The number of rotatable bonds is 9. The number of hydrogen-bond donors (Lipinski definition) is 3. The lowest BCUT2D eigenvalue weighted by Gasteiger charge is -2.32. The van der Waals surface area contributed by atoms with Gasteiger partial charge in [0.05, 0.1) is 5.41 Å². The summed E-state index contributed by atoms with van der Waals surface area (Å²) in [6.07, 6.45) is 9.37. The van der Waals surface area contributed by atoms with Crippen molar-refractivity contribution in [1.82, 2.24) is 10.6 Å². The molecule has 2 aliphatic carbocycles. The van der Waals surface area contributed by atoms with Crippen LogP contribution in [0.5, 0.6) is 0 Å². The maximum absolute atomic E-state index is 11.2. The van der Waals surface area contributed by atoms with Gasteiger partial charge in [-0.15, -0.1) is 24.8 Å². The van der Waals surface area contributed by atoms with Gasteiger partial charge in [0.1, 0.15) is 0 Å². The highest BCUT2D eigenvalue weighted by Gasteiger charge is 2.40. The standard InChI is InChI=1S/C24H36N2O2.2ClH/c1-4-18(14-17-8-6-5-7-9-17)21-15-22(21)26-20-12-10-19(11-13-20)25-16-24(2,3)23(27)28;;/h5-9,14,19-22,25-26H,4,10-13,15-16H2,1-3H3,(H,27,28);2*1H/b18-14+;;/t19?,20?,21-,22+;;/m0../s1. The summed E-state index contributed by atoms with van der Waals surface area (Å²) >= 11 is 0. The molecular formula is C24H38Cl2N2O2. The average Bonchev–Trinajstić information content (AvgIpc) is 3.45. The van der Waals surface area contributed by atoms with E-state index in [9.17, 15) is 9.90 Å². The van der Waals surface area contributed by atoms with E-state index in [4.69, 9.17) is 0 Å². The third kappa shape index (κ3) is 7.56. The Kier molecular flexibility index (Phi) is 10.9. The van der Waals surface area contributed by atoms with Crippen LogP contribution in [0.3, 0.4) is 0 Å². The Morgan fingerprint density at radius 2 is 1.70 bits per heavy atom. The summed E-state index contributed by atoms with van der Waals surface area (Å²) in [4.78, 5) is 11.2. The van der Waals surface area contributed by atoms with E-state index in [1.54, 1.807) is 19.4 Å². The van der Waals surface area contributed by atoms with Gasteiger partial charge < -0.3 is 15.7 Å². The molecule has 2 aliphatic rings. The number of hydrogen-bond acceptors (Lipinski definition) is 3. The predicted octanol–water partition coefficient (Wildman–Crippen LogP) is 5.31. The van der Waals surface area contributed by atoms with E-state index in [0.29, 0.717) is 30.6 Å². The number of carboxylic acid groups (broad SMARTS) is 1. The van der Waals surface area contributed by atoms with Gasteiger partial charge in [0.2, 0.25) is 0 Å². The minimum atomic E-state index is -0.731. The summed E-state index contributed by atoms with van der Waals surface area (Å²) in [6.45, 7) is 6.38. The zero-order valence-corrected chi connectivity index (χ0v) is 20.0. The van der Waals surface area contributed by atoms with Crippen molar-refractivity contribution in [2.45, 2.75) is 77.4 Å². The highest BCUT2D eigenvalue weighted by atomic mass is 35.5. The molecule has 0 amide bonds. The zero-order valence-electron chi connectivity index (χ0n) is 18.4. The fourth-order valence-corrected chi connectivity index (χ4v) is 4.27. The maximum atomic E-state index is 11.2. The summed E-state index contributed by atoms with van der Waals surface area (Å²) in [5.74, 6) is -0.0390. The predicted molar refractivity (Wildman–Crippen MR) is 130 cm³/mol. The molecule has 170 valence electrons. The first kappa shape index (κ1) is 27.0. The second kappa shape index (κ2) is 12.1. The largest absolute Gasteiger partial charge is 0.481 e. The molecule has 2 atom stereocenters. The van der Waals surface area contributed by atoms with Crippen LogP contribution in [0.25, 0.3) is 6.08 Å². The van der Waals surface area contributed by atoms with Crippen LogP contribution in [-0.2, 0) is 4.79 Å². The summed E-state index contributed by atoms with van der Waals surface area (Å²) < 4.78 is 0. The molecule has 0 unspecified atom stereocenters. The van der Waals surface area contributed by atoms with E-state index in [1.165, 1.54) is 24.8 Å². The fourth-order valence-electron chi connectivity index (χ4n) is 4.27. The maximum Gasteiger partial charge on any atom is 0.310 e. The molecule has 0 bridgehead atoms. The summed E-state index contributed by atoms with van der Waals surface area (Å²) in [5, 5.41) is 16.6. The summed E-state index contributed by atoms with van der Waals surface area (Å²) in [5.41, 5.74) is 2.17. The van der Waals surface area contributed by atoms with Gasteiger partial charge >= 0.3 is 5.97 Å². The lowest BCUT2D eigenvalue weighted by molar-refractivity contribution is -0.146. The highest BCUT2D eigenvalue weighted by Crippen LogP contribution is 2.40. The van der Waals surface area contributed by atoms with Crippen LogP contribution in [0.4, 0.5) is 0 Å². The molecule has 1 aromatic carbocycles. The molecule has 3 N–H and O–H groups in total. The fraction of sp³-hybridized carbons (Fsp3) is 0.625. The molecule has 0 heterocycles. The van der Waals surface area contributed by atoms with E-state index >= 15 is 0 Å². The molecule has 4 nitrogen and oxygen atoms in total. The number of aliphatic carboxylic acids is 1. The molecular weight excluding hydrogens is 419 g/mol. The van der Waals surface area contributed by atoms with Gasteiger partial charge in [-0.2, -0.15) is 0 Å². The first-order valence-corrected chi connectivity index (χ1v) is 10.9. The van der Waals surface area contributed by atoms with Crippen LogP contribution >= 0.6 is 24.8 Å². The minimum Gasteiger partial charge on any atom is -0.481 e. The molecule has 0 radical (unpaired) electrons. The van der Waals surface area contributed by atoms with Crippen molar-refractivity contribution in [3.63, 3.8) is 0 Å². The molecule has 0 spiro atoms. The average molecular weight is 457 g/mol. The van der Waals surface area contributed by atoms with Crippen LogP contribution in [-0.4, -0.2) is 35.7 Å². The van der Waals surface area contributed by atoms with Crippen molar-refractivity contribution in [2.24, 2.45) is 11.3 Å². The zero-order chi connectivity index (χ0) is 20.1. The van der Waals surface area contributed by atoms with Gasteiger partial charge in [0.15, 0.2) is 0 Å². The molecule has 1 aromatic rings. The molecule has 30 heavy (non-hydrogen) atoms. The molecule has 0 saturated heterocycles. The van der Waals surface area contributed by atoms with Gasteiger partial charge in [-0.1, -0.05) is 48.9 Å². The number of nitrogens with one attached hydrogen (secondary N) is 2. The Morgan fingerprint density at radius 3 is 2.27 bits per heavy atom. The third-order valence-corrected chi connectivity index (χ3v) is 6.42. The Morgan fingerprint density at radius 1 is 1.10 bits per heavy atom. The van der Waals surface area contributed by atoms with Gasteiger partial charge in [-0.05, 0) is 63.9 Å². The SMILES string of the molecule is CC/C(=C\c1ccccc1)[C@@H]1C[C@H]1NC1CCC(NCC(C)(C)C(=O)O)CC1.Cl.Cl. The van der Waals surface area contributed by atoms with Crippen LogP contribution < -0.4 is 10.6 Å². The minimum absolute atomic E-state index is 0.